The minimum absolute atomic E-state index is 0.0508. The van der Waals surface area contributed by atoms with Gasteiger partial charge in [0, 0.05) is 32.2 Å². The Bertz CT molecular complexity index is 1600. The summed E-state index contributed by atoms with van der Waals surface area (Å²) < 4.78 is 23.9. The molecule has 0 spiro atoms. The van der Waals surface area contributed by atoms with E-state index in [4.69, 9.17) is 4.42 Å². The van der Waals surface area contributed by atoms with E-state index in [-0.39, 0.29) is 34.9 Å². The minimum atomic E-state index is -0.894. The van der Waals surface area contributed by atoms with Crippen LogP contribution in [0.2, 0.25) is 0 Å². The van der Waals surface area contributed by atoms with Crippen molar-refractivity contribution < 1.29 is 13.6 Å². The van der Waals surface area contributed by atoms with Crippen molar-refractivity contribution in [1.82, 2.24) is 28.9 Å². The zero-order valence-corrected chi connectivity index (χ0v) is 20.2. The molecule has 1 saturated heterocycles. The van der Waals surface area contributed by atoms with E-state index in [2.05, 4.69) is 27.4 Å². The Morgan fingerprint density at radius 1 is 1.22 bits per heavy atom. The molecule has 0 radical (unpaired) electrons. The van der Waals surface area contributed by atoms with E-state index >= 15 is 0 Å². The number of hydrogen-bond donors (Lipinski definition) is 1. The number of amides is 1. The summed E-state index contributed by atoms with van der Waals surface area (Å²) in [4.78, 5) is 43.9. The zero-order valence-electron chi connectivity index (χ0n) is 20.2. The predicted molar refractivity (Wildman–Crippen MR) is 129 cm³/mol. The van der Waals surface area contributed by atoms with Crippen LogP contribution < -0.4 is 21.5 Å². The van der Waals surface area contributed by atoms with E-state index in [0.29, 0.717) is 11.3 Å². The molecule has 12 nitrogen and oxygen atoms in total. The number of nitrogens with zero attached hydrogens (tertiary/aromatic N) is 7. The number of aromatic nitrogens is 6. The average Bonchev–Trinajstić information content (AvgIpc) is 3.61. The molecule has 1 fully saturated rings. The van der Waals surface area contributed by atoms with E-state index < -0.39 is 23.2 Å². The second-order valence-corrected chi connectivity index (χ2v) is 8.96. The van der Waals surface area contributed by atoms with Crippen molar-refractivity contribution in [2.24, 2.45) is 14.1 Å². The maximum atomic E-state index is 14.8. The second kappa shape index (κ2) is 8.73. The van der Waals surface area contributed by atoms with Crippen LogP contribution in [-0.2, 0) is 18.9 Å². The van der Waals surface area contributed by atoms with E-state index in [1.807, 2.05) is 4.90 Å². The van der Waals surface area contributed by atoms with E-state index in [9.17, 15) is 18.8 Å². The number of fused-ring (bicyclic) bond motifs is 1. The van der Waals surface area contributed by atoms with Crippen molar-refractivity contribution >= 4 is 28.8 Å². The summed E-state index contributed by atoms with van der Waals surface area (Å²) in [5.41, 5.74) is 0.0933. The molecule has 13 heteroatoms. The van der Waals surface area contributed by atoms with Crippen LogP contribution in [0.5, 0.6) is 0 Å². The average molecular weight is 497 g/mol. The van der Waals surface area contributed by atoms with Crippen LogP contribution in [0, 0.1) is 5.82 Å². The Hall–Kier alpha value is -4.29. The van der Waals surface area contributed by atoms with Gasteiger partial charge in [0.15, 0.2) is 11.2 Å². The second-order valence-electron chi connectivity index (χ2n) is 8.96. The number of hydrogen-bond acceptors (Lipinski definition) is 8. The summed E-state index contributed by atoms with van der Waals surface area (Å²) in [5.74, 6) is -0.888. The fourth-order valence-corrected chi connectivity index (χ4v) is 4.55. The molecule has 36 heavy (non-hydrogen) atoms. The van der Waals surface area contributed by atoms with Crippen molar-refractivity contribution in [3.05, 3.63) is 51.2 Å². The first-order valence-corrected chi connectivity index (χ1v) is 11.5. The van der Waals surface area contributed by atoms with Gasteiger partial charge in [-0.25, -0.2) is 14.2 Å². The normalized spacial score (nSPS) is 16.6. The van der Waals surface area contributed by atoms with Gasteiger partial charge in [-0.05, 0) is 44.9 Å². The van der Waals surface area contributed by atoms with Gasteiger partial charge in [-0.15, -0.1) is 5.10 Å². The van der Waals surface area contributed by atoms with Gasteiger partial charge in [-0.2, -0.15) is 0 Å². The molecule has 0 bridgehead atoms. The summed E-state index contributed by atoms with van der Waals surface area (Å²) in [6, 6.07) is 3.92. The van der Waals surface area contributed by atoms with Crippen molar-refractivity contribution in [2.75, 3.05) is 16.8 Å². The van der Waals surface area contributed by atoms with Crippen LogP contribution in [0.4, 0.5) is 16.1 Å². The highest BCUT2D eigenvalue weighted by Gasteiger charge is 2.25. The van der Waals surface area contributed by atoms with Gasteiger partial charge in [0.05, 0.1) is 12.0 Å². The van der Waals surface area contributed by atoms with Gasteiger partial charge in [0.2, 0.25) is 5.89 Å². The Balaban J connectivity index is 1.36. The number of carbonyl (C=O) groups excluding carboxylic acids is 1. The molecule has 188 valence electrons. The molecule has 1 amide bonds. The SMILES string of the molecule is CC1CCCN1c1ccc(-c2nnc(NC(=O)C(C)n3cnc4c3c(=O)n(C)c(=O)n4C)o2)cc1F. The molecule has 4 heterocycles. The van der Waals surface area contributed by atoms with Gasteiger partial charge < -0.3 is 13.9 Å². The Morgan fingerprint density at radius 3 is 2.69 bits per heavy atom. The van der Waals surface area contributed by atoms with Crippen molar-refractivity contribution in [3.8, 4) is 11.5 Å². The maximum Gasteiger partial charge on any atom is 0.332 e. The first-order chi connectivity index (χ1) is 17.2. The number of rotatable bonds is 5. The third-order valence-electron chi connectivity index (χ3n) is 6.68. The lowest BCUT2D eigenvalue weighted by atomic mass is 10.1. The first kappa shape index (κ1) is 23.5. The molecule has 1 aliphatic rings. The van der Waals surface area contributed by atoms with Crippen molar-refractivity contribution in [3.63, 3.8) is 0 Å². The number of imidazole rings is 1. The summed E-state index contributed by atoms with van der Waals surface area (Å²) in [5, 5.41) is 10.3. The highest BCUT2D eigenvalue weighted by molar-refractivity contribution is 5.92. The zero-order chi connectivity index (χ0) is 25.7. The van der Waals surface area contributed by atoms with Crippen LogP contribution >= 0.6 is 0 Å². The van der Waals surface area contributed by atoms with Gasteiger partial charge in [0.25, 0.3) is 11.5 Å². The van der Waals surface area contributed by atoms with Crippen LogP contribution in [0.25, 0.3) is 22.6 Å². The molecule has 2 atom stereocenters. The number of aryl methyl sites for hydroxylation is 1. The lowest BCUT2D eigenvalue weighted by Crippen LogP contribution is -2.38. The Kier molecular flexibility index (Phi) is 5.69. The lowest BCUT2D eigenvalue weighted by Gasteiger charge is -2.24. The van der Waals surface area contributed by atoms with Crippen LogP contribution in [0.3, 0.4) is 0 Å². The monoisotopic (exact) mass is 496 g/mol. The molecular formula is C23H25FN8O4. The highest BCUT2D eigenvalue weighted by atomic mass is 19.1. The summed E-state index contributed by atoms with van der Waals surface area (Å²) in [6.07, 6.45) is 3.36. The van der Waals surface area contributed by atoms with Crippen molar-refractivity contribution in [1.29, 1.82) is 0 Å². The van der Waals surface area contributed by atoms with Gasteiger partial charge in [0.1, 0.15) is 11.9 Å². The van der Waals surface area contributed by atoms with E-state index in [0.717, 1.165) is 24.0 Å². The third kappa shape index (κ3) is 3.76. The van der Waals surface area contributed by atoms with Gasteiger partial charge in [-0.1, -0.05) is 5.10 Å². The molecule has 0 saturated carbocycles. The smallest absolute Gasteiger partial charge is 0.332 e. The fourth-order valence-electron chi connectivity index (χ4n) is 4.55. The quantitative estimate of drug-likeness (QED) is 0.442. The number of benzene rings is 1. The van der Waals surface area contributed by atoms with E-state index in [1.165, 1.54) is 35.6 Å². The molecule has 2 unspecified atom stereocenters. The number of halogens is 1. The highest BCUT2D eigenvalue weighted by Crippen LogP contribution is 2.31. The predicted octanol–water partition coefficient (Wildman–Crippen LogP) is 1.81. The fraction of sp³-hybridized carbons (Fsp3) is 0.391. The molecule has 1 N–H and O–H groups in total. The molecule has 5 rings (SSSR count). The van der Waals surface area contributed by atoms with Gasteiger partial charge in [-0.3, -0.25) is 24.0 Å². The van der Waals surface area contributed by atoms with Gasteiger partial charge >= 0.3 is 11.7 Å². The summed E-state index contributed by atoms with van der Waals surface area (Å²) in [6.45, 7) is 4.44. The van der Waals surface area contributed by atoms with Crippen LogP contribution in [0.15, 0.2) is 38.5 Å². The van der Waals surface area contributed by atoms with Crippen LogP contribution in [0.1, 0.15) is 32.7 Å². The maximum absolute atomic E-state index is 14.8. The summed E-state index contributed by atoms with van der Waals surface area (Å²) in [7, 11) is 2.85. The topological polar surface area (TPSA) is 133 Å². The lowest BCUT2D eigenvalue weighted by molar-refractivity contribution is -0.118. The summed E-state index contributed by atoms with van der Waals surface area (Å²) >= 11 is 0. The van der Waals surface area contributed by atoms with Crippen LogP contribution in [-0.4, -0.2) is 47.4 Å². The Morgan fingerprint density at radius 2 is 2.00 bits per heavy atom. The molecular weight excluding hydrogens is 471 g/mol. The third-order valence-corrected chi connectivity index (χ3v) is 6.68. The first-order valence-electron chi connectivity index (χ1n) is 11.5. The molecule has 0 aliphatic carbocycles. The molecule has 1 aromatic carbocycles. The molecule has 1 aliphatic heterocycles. The number of anilines is 2. The Labute approximate surface area is 204 Å². The largest absolute Gasteiger partial charge is 0.403 e. The van der Waals surface area contributed by atoms with Crippen molar-refractivity contribution in [2.45, 2.75) is 38.8 Å². The molecule has 3 aromatic heterocycles. The standard InChI is InChI=1S/C23H25FN8O4/c1-12-6-5-9-31(12)16-8-7-14(10-15(16)24)20-27-28-22(36-20)26-19(33)13(2)32-11-25-18-17(32)21(34)30(4)23(35)29(18)3/h7-8,10-13H,5-6,9H2,1-4H3,(H,26,28,33). The van der Waals surface area contributed by atoms with E-state index in [1.54, 1.807) is 19.1 Å². The number of nitrogens with one attached hydrogen (secondary N) is 1. The number of carbonyl (C=O) groups is 1. The molecule has 4 aromatic rings. The minimum Gasteiger partial charge on any atom is -0.403 e.